The van der Waals surface area contributed by atoms with Crippen LogP contribution in [-0.4, -0.2) is 24.4 Å². The number of likely N-dealkylation sites (N-methyl/N-ethyl adjacent to an activating group) is 1. The first kappa shape index (κ1) is 10.2. The van der Waals surface area contributed by atoms with Gasteiger partial charge in [0.1, 0.15) is 0 Å². The number of hydrogen-bond acceptors (Lipinski definition) is 1. The quantitative estimate of drug-likeness (QED) is 0.522. The average Bonchev–Trinajstić information content (AvgIpc) is 2.02. The lowest BCUT2D eigenvalue weighted by molar-refractivity contribution is -0.125. The molecule has 2 nitrogen and oxygen atoms in total. The molecule has 1 aliphatic rings. The minimum atomic E-state index is 0.138. The van der Waals surface area contributed by atoms with Crippen LogP contribution in [-0.2, 0) is 4.79 Å². The van der Waals surface area contributed by atoms with E-state index in [1.807, 2.05) is 27.8 Å². The number of carbonyl (C=O) groups excluding carboxylic acids is 1. The third-order valence-electron chi connectivity index (χ3n) is 1.59. The molecule has 1 heterocycles. The Bertz CT molecular complexity index is 161. The lowest BCUT2D eigenvalue weighted by Crippen LogP contribution is -2.29. The third-order valence-corrected chi connectivity index (χ3v) is 1.59. The molecule has 0 bridgehead atoms. The fourth-order valence-corrected chi connectivity index (χ4v) is 0.847. The highest BCUT2D eigenvalue weighted by Crippen LogP contribution is 2.07. The first-order valence-electron chi connectivity index (χ1n) is 4.12. The van der Waals surface area contributed by atoms with E-state index in [4.69, 9.17) is 0 Å². The molecule has 0 aromatic heterocycles. The van der Waals surface area contributed by atoms with Gasteiger partial charge in [-0.05, 0) is 13.3 Å². The van der Waals surface area contributed by atoms with E-state index in [9.17, 15) is 4.79 Å². The van der Waals surface area contributed by atoms with E-state index in [0.29, 0.717) is 0 Å². The fourth-order valence-electron chi connectivity index (χ4n) is 0.847. The summed E-state index contributed by atoms with van der Waals surface area (Å²) in [5.41, 5.74) is 1.19. The smallest absolute Gasteiger partial charge is 0.246 e. The summed E-state index contributed by atoms with van der Waals surface area (Å²) in [5, 5.41) is 0. The Morgan fingerprint density at radius 3 is 2.36 bits per heavy atom. The highest BCUT2D eigenvalue weighted by Gasteiger charge is 2.10. The Hall–Kier alpha value is -0.790. The van der Waals surface area contributed by atoms with Gasteiger partial charge in [-0.2, -0.15) is 0 Å². The number of carbonyl (C=O) groups is 1. The van der Waals surface area contributed by atoms with Crippen molar-refractivity contribution in [2.75, 3.05) is 13.6 Å². The maximum absolute atomic E-state index is 10.9. The normalized spacial score (nSPS) is 16.9. The van der Waals surface area contributed by atoms with Crippen molar-refractivity contribution in [3.8, 4) is 0 Å². The molecular weight excluding hydrogens is 138 g/mol. The molecule has 64 valence electrons. The maximum atomic E-state index is 10.9. The molecule has 0 unspecified atom stereocenters. The van der Waals surface area contributed by atoms with Crippen LogP contribution in [0.3, 0.4) is 0 Å². The summed E-state index contributed by atoms with van der Waals surface area (Å²) in [6, 6.07) is 0. The van der Waals surface area contributed by atoms with Crippen molar-refractivity contribution >= 4 is 5.91 Å². The van der Waals surface area contributed by atoms with Crippen LogP contribution < -0.4 is 0 Å². The van der Waals surface area contributed by atoms with Crippen LogP contribution in [0.15, 0.2) is 11.6 Å². The van der Waals surface area contributed by atoms with Gasteiger partial charge in [-0.3, -0.25) is 4.79 Å². The second kappa shape index (κ2) is 4.94. The highest BCUT2D eigenvalue weighted by atomic mass is 16.2. The molecule has 11 heavy (non-hydrogen) atoms. The SMILES string of the molecule is CC.CC1=CC(=O)N(C)CC1. The summed E-state index contributed by atoms with van der Waals surface area (Å²) in [5.74, 6) is 0.138. The predicted octanol–water partition coefficient (Wildman–Crippen LogP) is 1.82. The van der Waals surface area contributed by atoms with Crippen molar-refractivity contribution in [3.05, 3.63) is 11.6 Å². The largest absolute Gasteiger partial charge is 0.342 e. The zero-order chi connectivity index (χ0) is 8.85. The highest BCUT2D eigenvalue weighted by molar-refractivity contribution is 5.88. The number of rotatable bonds is 0. The summed E-state index contributed by atoms with van der Waals surface area (Å²) in [4.78, 5) is 12.6. The topological polar surface area (TPSA) is 20.3 Å². The van der Waals surface area contributed by atoms with Crippen molar-refractivity contribution in [1.29, 1.82) is 0 Å². The van der Waals surface area contributed by atoms with Crippen molar-refractivity contribution < 1.29 is 4.79 Å². The Kier molecular flexibility index (Phi) is 4.59. The number of amides is 1. The van der Waals surface area contributed by atoms with Gasteiger partial charge in [-0.25, -0.2) is 0 Å². The van der Waals surface area contributed by atoms with Gasteiger partial charge < -0.3 is 4.90 Å². The van der Waals surface area contributed by atoms with Crippen LogP contribution in [0.2, 0.25) is 0 Å². The minimum absolute atomic E-state index is 0.138. The van der Waals surface area contributed by atoms with Gasteiger partial charge in [0.05, 0.1) is 0 Å². The van der Waals surface area contributed by atoms with Crippen LogP contribution in [0.4, 0.5) is 0 Å². The second-order valence-electron chi connectivity index (χ2n) is 2.50. The molecule has 1 amide bonds. The molecule has 0 aliphatic carbocycles. The first-order valence-corrected chi connectivity index (χ1v) is 4.12. The van der Waals surface area contributed by atoms with Crippen LogP contribution in [0.25, 0.3) is 0 Å². The number of hydrogen-bond donors (Lipinski definition) is 0. The van der Waals surface area contributed by atoms with E-state index in [1.165, 1.54) is 5.57 Å². The molecule has 0 aromatic rings. The lowest BCUT2D eigenvalue weighted by atomic mass is 10.1. The molecule has 1 rings (SSSR count). The molecular formula is C9H17NO. The lowest BCUT2D eigenvalue weighted by Gasteiger charge is -2.19. The van der Waals surface area contributed by atoms with E-state index < -0.39 is 0 Å². The van der Waals surface area contributed by atoms with Gasteiger partial charge in [0.15, 0.2) is 0 Å². The average molecular weight is 155 g/mol. The molecule has 0 atom stereocenters. The molecule has 0 N–H and O–H groups in total. The molecule has 0 saturated carbocycles. The zero-order valence-electron chi connectivity index (χ0n) is 7.85. The summed E-state index contributed by atoms with van der Waals surface area (Å²) >= 11 is 0. The summed E-state index contributed by atoms with van der Waals surface area (Å²) in [6.45, 7) is 6.87. The Balaban J connectivity index is 0.000000461. The van der Waals surface area contributed by atoms with E-state index in [1.54, 1.807) is 11.0 Å². The molecule has 0 aromatic carbocycles. The standard InChI is InChI=1S/C7H11NO.C2H6/c1-6-3-4-8(2)7(9)5-6;1-2/h5H,3-4H2,1-2H3;1-2H3. The molecule has 0 radical (unpaired) electrons. The second-order valence-corrected chi connectivity index (χ2v) is 2.50. The molecule has 2 heteroatoms. The molecule has 0 fully saturated rings. The fraction of sp³-hybridized carbons (Fsp3) is 0.667. The van der Waals surface area contributed by atoms with Gasteiger partial charge in [0.25, 0.3) is 0 Å². The van der Waals surface area contributed by atoms with Crippen LogP contribution in [0.1, 0.15) is 27.2 Å². The van der Waals surface area contributed by atoms with Gasteiger partial charge in [-0.15, -0.1) is 0 Å². The predicted molar refractivity (Wildman–Crippen MR) is 47.4 cm³/mol. The van der Waals surface area contributed by atoms with Crippen LogP contribution >= 0.6 is 0 Å². The Labute approximate surface area is 68.9 Å². The minimum Gasteiger partial charge on any atom is -0.342 e. The van der Waals surface area contributed by atoms with E-state index in [2.05, 4.69) is 0 Å². The third kappa shape index (κ3) is 3.21. The zero-order valence-corrected chi connectivity index (χ0v) is 7.85. The summed E-state index contributed by atoms with van der Waals surface area (Å²) in [6.07, 6.45) is 2.73. The van der Waals surface area contributed by atoms with Crippen LogP contribution in [0, 0.1) is 0 Å². The van der Waals surface area contributed by atoms with Crippen LogP contribution in [0.5, 0.6) is 0 Å². The van der Waals surface area contributed by atoms with Gasteiger partial charge in [0, 0.05) is 19.7 Å². The Morgan fingerprint density at radius 2 is 2.00 bits per heavy atom. The maximum Gasteiger partial charge on any atom is 0.246 e. The van der Waals surface area contributed by atoms with Gasteiger partial charge in [-0.1, -0.05) is 19.4 Å². The summed E-state index contributed by atoms with van der Waals surface area (Å²) < 4.78 is 0. The van der Waals surface area contributed by atoms with E-state index >= 15 is 0 Å². The molecule has 0 spiro atoms. The Morgan fingerprint density at radius 1 is 1.45 bits per heavy atom. The van der Waals surface area contributed by atoms with Crippen molar-refractivity contribution in [3.63, 3.8) is 0 Å². The monoisotopic (exact) mass is 155 g/mol. The van der Waals surface area contributed by atoms with Gasteiger partial charge >= 0.3 is 0 Å². The van der Waals surface area contributed by atoms with E-state index in [-0.39, 0.29) is 5.91 Å². The summed E-state index contributed by atoms with van der Waals surface area (Å²) in [7, 11) is 1.82. The van der Waals surface area contributed by atoms with Crippen molar-refractivity contribution in [1.82, 2.24) is 4.90 Å². The molecule has 0 saturated heterocycles. The molecule has 1 aliphatic heterocycles. The number of nitrogens with zero attached hydrogens (tertiary/aromatic N) is 1. The first-order chi connectivity index (χ1) is 5.20. The van der Waals surface area contributed by atoms with Gasteiger partial charge in [0.2, 0.25) is 5.91 Å². The van der Waals surface area contributed by atoms with E-state index in [0.717, 1.165) is 13.0 Å². The van der Waals surface area contributed by atoms with Crippen molar-refractivity contribution in [2.24, 2.45) is 0 Å². The van der Waals surface area contributed by atoms with Crippen molar-refractivity contribution in [2.45, 2.75) is 27.2 Å².